The van der Waals surface area contributed by atoms with Crippen molar-refractivity contribution in [1.82, 2.24) is 19.7 Å². The van der Waals surface area contributed by atoms with Gasteiger partial charge >= 0.3 is 0 Å². The van der Waals surface area contributed by atoms with Crippen molar-refractivity contribution in [3.63, 3.8) is 0 Å². The fourth-order valence-electron chi connectivity index (χ4n) is 4.49. The first-order valence-corrected chi connectivity index (χ1v) is 16.5. The summed E-state index contributed by atoms with van der Waals surface area (Å²) in [5, 5.41) is 4.73. The summed E-state index contributed by atoms with van der Waals surface area (Å²) in [6, 6.07) is 16.8. The summed E-state index contributed by atoms with van der Waals surface area (Å²) in [5.41, 5.74) is 5.67. The van der Waals surface area contributed by atoms with Gasteiger partial charge in [-0.2, -0.15) is 5.10 Å². The first-order chi connectivity index (χ1) is 18.2. The lowest BCUT2D eigenvalue weighted by Gasteiger charge is -2.37. The van der Waals surface area contributed by atoms with Crippen molar-refractivity contribution in [2.24, 2.45) is 0 Å². The molecule has 200 valence electrons. The van der Waals surface area contributed by atoms with Crippen molar-refractivity contribution in [2.75, 3.05) is 24.7 Å². The average Bonchev–Trinajstić information content (AvgIpc) is 3.41. The van der Waals surface area contributed by atoms with Crippen LogP contribution >= 0.6 is 0 Å². The summed E-state index contributed by atoms with van der Waals surface area (Å²) in [4.78, 5) is 12.0. The highest BCUT2D eigenvalue weighted by atomic mass is 28.4. The van der Waals surface area contributed by atoms with Crippen LogP contribution in [0.1, 0.15) is 46.3 Å². The number of anilines is 2. The smallest absolute Gasteiger partial charge is 0.192 e. The van der Waals surface area contributed by atoms with Crippen molar-refractivity contribution in [2.45, 2.75) is 64.4 Å². The minimum absolute atomic E-state index is 0.00508. The van der Waals surface area contributed by atoms with E-state index in [9.17, 15) is 0 Å². The number of ether oxygens (including phenoxy) is 1. The predicted molar refractivity (Wildman–Crippen MR) is 156 cm³/mol. The van der Waals surface area contributed by atoms with Crippen molar-refractivity contribution in [3.8, 4) is 11.3 Å². The molecule has 5 rings (SSSR count). The number of rotatable bonds is 8. The van der Waals surface area contributed by atoms with Gasteiger partial charge in [0.2, 0.25) is 0 Å². The Morgan fingerprint density at radius 3 is 2.58 bits per heavy atom. The van der Waals surface area contributed by atoms with E-state index in [1.165, 1.54) is 0 Å². The quantitative estimate of drug-likeness (QED) is 0.222. The van der Waals surface area contributed by atoms with Crippen LogP contribution in [0, 0.1) is 0 Å². The van der Waals surface area contributed by atoms with Gasteiger partial charge in [-0.05, 0) is 67.7 Å². The maximum atomic E-state index is 6.53. The standard InChI is InChI=1S/C30H39N5O2Si/c1-30(2,3)38(4,5)37-18-16-34(24-11-7-6-8-12-24)25-14-15-26-27(19-25)33-28(21-31-26)23-20-32-35(22-23)29-13-9-10-17-36-29/h6-8,11-12,14-15,19-22,29H,9-10,13,16-18H2,1-5H3. The summed E-state index contributed by atoms with van der Waals surface area (Å²) in [6.07, 6.45) is 8.97. The van der Waals surface area contributed by atoms with E-state index in [0.717, 1.165) is 66.1 Å². The Morgan fingerprint density at radius 2 is 1.84 bits per heavy atom. The fraction of sp³-hybridized carbons (Fsp3) is 0.433. The lowest BCUT2D eigenvalue weighted by Crippen LogP contribution is -2.42. The zero-order valence-electron chi connectivity index (χ0n) is 23.2. The van der Waals surface area contributed by atoms with Gasteiger partial charge in [-0.25, -0.2) is 9.67 Å². The Hall–Kier alpha value is -3.07. The minimum atomic E-state index is -1.84. The molecule has 38 heavy (non-hydrogen) atoms. The Bertz CT molecular complexity index is 1360. The summed E-state index contributed by atoms with van der Waals surface area (Å²) in [7, 11) is -1.84. The Labute approximate surface area is 227 Å². The monoisotopic (exact) mass is 529 g/mol. The van der Waals surface area contributed by atoms with Gasteiger partial charge in [-0.1, -0.05) is 39.0 Å². The van der Waals surface area contributed by atoms with Crippen molar-refractivity contribution in [1.29, 1.82) is 0 Å². The first kappa shape index (κ1) is 26.5. The van der Waals surface area contributed by atoms with Crippen LogP contribution in [0.15, 0.2) is 67.1 Å². The van der Waals surface area contributed by atoms with Gasteiger partial charge in [0.05, 0.1) is 35.7 Å². The van der Waals surface area contributed by atoms with Gasteiger partial charge in [0.15, 0.2) is 8.32 Å². The lowest BCUT2D eigenvalue weighted by atomic mass is 10.2. The van der Waals surface area contributed by atoms with Gasteiger partial charge in [0.25, 0.3) is 0 Å². The maximum Gasteiger partial charge on any atom is 0.192 e. The van der Waals surface area contributed by atoms with Crippen LogP contribution < -0.4 is 4.90 Å². The third kappa shape index (κ3) is 5.82. The molecule has 2 aromatic heterocycles. The molecule has 8 heteroatoms. The van der Waals surface area contributed by atoms with Crippen LogP contribution in [0.25, 0.3) is 22.3 Å². The highest BCUT2D eigenvalue weighted by Crippen LogP contribution is 2.37. The Morgan fingerprint density at radius 1 is 1.03 bits per heavy atom. The second-order valence-electron chi connectivity index (χ2n) is 11.6. The van der Waals surface area contributed by atoms with E-state index in [4.69, 9.17) is 19.1 Å². The van der Waals surface area contributed by atoms with Gasteiger partial charge in [0.1, 0.15) is 6.23 Å². The van der Waals surface area contributed by atoms with E-state index in [1.807, 2.05) is 35.4 Å². The van der Waals surface area contributed by atoms with E-state index in [0.29, 0.717) is 6.61 Å². The van der Waals surface area contributed by atoms with E-state index in [-0.39, 0.29) is 11.3 Å². The molecule has 0 N–H and O–H groups in total. The van der Waals surface area contributed by atoms with E-state index >= 15 is 0 Å². The SMILES string of the molecule is CC(C)(C)[Si](C)(C)OCCN(c1ccccc1)c1ccc2ncc(-c3cnn(C4CCCCO4)c3)nc2c1. The summed E-state index contributed by atoms with van der Waals surface area (Å²) in [6.45, 7) is 13.6. The molecule has 0 radical (unpaired) electrons. The molecule has 3 heterocycles. The first-order valence-electron chi connectivity index (χ1n) is 13.6. The molecule has 0 saturated carbocycles. The normalized spacial score (nSPS) is 16.6. The van der Waals surface area contributed by atoms with Crippen LogP contribution in [0.2, 0.25) is 18.1 Å². The number of fused-ring (bicyclic) bond motifs is 1. The van der Waals surface area contributed by atoms with E-state index in [1.54, 1.807) is 0 Å². The zero-order chi connectivity index (χ0) is 26.8. The van der Waals surface area contributed by atoms with Gasteiger partial charge in [-0.15, -0.1) is 0 Å². The third-order valence-electron chi connectivity index (χ3n) is 7.84. The highest BCUT2D eigenvalue weighted by Gasteiger charge is 2.37. The van der Waals surface area contributed by atoms with Crippen molar-refractivity contribution in [3.05, 3.63) is 67.1 Å². The molecule has 1 saturated heterocycles. The lowest BCUT2D eigenvalue weighted by molar-refractivity contribution is -0.0394. The Balaban J connectivity index is 1.41. The van der Waals surface area contributed by atoms with Crippen molar-refractivity contribution < 1.29 is 9.16 Å². The molecule has 0 bridgehead atoms. The highest BCUT2D eigenvalue weighted by molar-refractivity contribution is 6.74. The molecule has 1 aliphatic rings. The van der Waals surface area contributed by atoms with Crippen LogP contribution in [0.3, 0.4) is 0 Å². The largest absolute Gasteiger partial charge is 0.415 e. The summed E-state index contributed by atoms with van der Waals surface area (Å²) < 4.78 is 14.3. The number of benzene rings is 2. The van der Waals surface area contributed by atoms with Crippen LogP contribution in [-0.2, 0) is 9.16 Å². The van der Waals surface area contributed by atoms with Crippen LogP contribution in [0.4, 0.5) is 11.4 Å². The molecule has 1 atom stereocenters. The average molecular weight is 530 g/mol. The number of hydrogen-bond acceptors (Lipinski definition) is 6. The number of para-hydroxylation sites is 1. The third-order valence-corrected chi connectivity index (χ3v) is 12.4. The molecule has 1 aliphatic heterocycles. The molecular formula is C30H39N5O2Si. The second-order valence-corrected chi connectivity index (χ2v) is 16.4. The van der Waals surface area contributed by atoms with Crippen molar-refractivity contribution >= 4 is 30.7 Å². The molecule has 0 spiro atoms. The fourth-order valence-corrected chi connectivity index (χ4v) is 5.53. The maximum absolute atomic E-state index is 6.53. The molecule has 1 unspecified atom stereocenters. The summed E-state index contributed by atoms with van der Waals surface area (Å²) in [5.74, 6) is 0. The van der Waals surface area contributed by atoms with Gasteiger partial charge in [0, 0.05) is 36.3 Å². The molecule has 0 amide bonds. The predicted octanol–water partition coefficient (Wildman–Crippen LogP) is 7.35. The zero-order valence-corrected chi connectivity index (χ0v) is 24.2. The second kappa shape index (κ2) is 11.0. The molecule has 1 fully saturated rings. The van der Waals surface area contributed by atoms with Gasteiger partial charge in [-0.3, -0.25) is 4.98 Å². The van der Waals surface area contributed by atoms with Crippen LogP contribution in [-0.4, -0.2) is 47.8 Å². The number of nitrogens with zero attached hydrogens (tertiary/aromatic N) is 5. The molecule has 4 aromatic rings. The number of aromatic nitrogens is 4. The van der Waals surface area contributed by atoms with Gasteiger partial charge < -0.3 is 14.1 Å². The Kier molecular flexibility index (Phi) is 7.65. The number of hydrogen-bond donors (Lipinski definition) is 0. The van der Waals surface area contributed by atoms with Crippen LogP contribution in [0.5, 0.6) is 0 Å². The topological polar surface area (TPSA) is 65.3 Å². The van der Waals surface area contributed by atoms with E-state index in [2.05, 4.69) is 80.3 Å². The molecular weight excluding hydrogens is 490 g/mol. The summed E-state index contributed by atoms with van der Waals surface area (Å²) >= 11 is 0. The molecule has 0 aliphatic carbocycles. The minimum Gasteiger partial charge on any atom is -0.415 e. The van der Waals surface area contributed by atoms with E-state index < -0.39 is 8.32 Å². The molecule has 7 nitrogen and oxygen atoms in total. The molecule has 2 aromatic carbocycles.